The fourth-order valence-electron chi connectivity index (χ4n) is 8.36. The fourth-order valence-corrected chi connectivity index (χ4v) is 8.36. The van der Waals surface area contributed by atoms with E-state index in [1.165, 1.54) is 65.7 Å². The molecule has 0 aliphatic heterocycles. The summed E-state index contributed by atoms with van der Waals surface area (Å²) in [5.41, 5.74) is 12.8. The van der Waals surface area contributed by atoms with Crippen LogP contribution in [0.4, 0.5) is 0 Å². The van der Waals surface area contributed by atoms with Crippen LogP contribution in [-0.4, -0.2) is 9.97 Å². The average Bonchev–Trinajstić information content (AvgIpc) is 3.43. The Morgan fingerprint density at radius 1 is 0.353 bits per heavy atom. The summed E-state index contributed by atoms with van der Waals surface area (Å²) < 4.78 is 0. The van der Waals surface area contributed by atoms with E-state index in [9.17, 15) is 0 Å². The lowest BCUT2D eigenvalue weighted by molar-refractivity contribution is 0.660. The van der Waals surface area contributed by atoms with Crippen LogP contribution < -0.4 is 0 Å². The van der Waals surface area contributed by atoms with Crippen molar-refractivity contribution >= 4 is 32.3 Å². The van der Waals surface area contributed by atoms with Gasteiger partial charge in [-0.15, -0.1) is 0 Å². The molecule has 1 aliphatic carbocycles. The van der Waals surface area contributed by atoms with E-state index in [0.29, 0.717) is 0 Å². The maximum Gasteiger partial charge on any atom is 0.160 e. The van der Waals surface area contributed by atoms with Crippen LogP contribution in [0.15, 0.2) is 170 Å². The summed E-state index contributed by atoms with van der Waals surface area (Å²) in [6, 6.07) is 61.3. The third kappa shape index (κ3) is 4.64. The van der Waals surface area contributed by atoms with Crippen LogP contribution in [-0.2, 0) is 5.41 Å². The summed E-state index contributed by atoms with van der Waals surface area (Å²) >= 11 is 0. The zero-order valence-corrected chi connectivity index (χ0v) is 28.6. The molecule has 2 nitrogen and oxygen atoms in total. The van der Waals surface area contributed by atoms with E-state index in [0.717, 1.165) is 33.9 Å². The Hall–Kier alpha value is -6.38. The number of hydrogen-bond donors (Lipinski definition) is 0. The van der Waals surface area contributed by atoms with Crippen LogP contribution in [0.25, 0.3) is 88.5 Å². The third-order valence-corrected chi connectivity index (χ3v) is 10.9. The first-order chi connectivity index (χ1) is 25.0. The molecular formula is C49H34N2. The lowest BCUT2D eigenvalue weighted by atomic mass is 9.82. The van der Waals surface area contributed by atoms with Crippen LogP contribution in [0.3, 0.4) is 0 Å². The standard InChI is InChI=1S/C49H34N2/c1-49(2)43-23-12-11-20-39(43)41-28-33(25-27-44(41)49)35-21-13-22-40-37-19-10-9-18-36(37)38-26-24-34(29-42(38)47(35)40)46-30-45(31-14-5-3-6-15-31)50-48(51-46)32-16-7-4-8-17-32/h3-30H,1-2H3. The van der Waals surface area contributed by atoms with E-state index in [1.54, 1.807) is 0 Å². The second-order valence-corrected chi connectivity index (χ2v) is 14.2. The van der Waals surface area contributed by atoms with Gasteiger partial charge in [-0.2, -0.15) is 0 Å². The molecule has 0 radical (unpaired) electrons. The molecule has 0 spiro atoms. The van der Waals surface area contributed by atoms with E-state index in [1.807, 2.05) is 24.3 Å². The number of benzene rings is 8. The van der Waals surface area contributed by atoms with Gasteiger partial charge in [0.1, 0.15) is 0 Å². The molecule has 0 bridgehead atoms. The van der Waals surface area contributed by atoms with Gasteiger partial charge in [-0.25, -0.2) is 9.97 Å². The molecule has 0 unspecified atom stereocenters. The molecule has 0 saturated carbocycles. The molecule has 0 N–H and O–H groups in total. The van der Waals surface area contributed by atoms with Gasteiger partial charge < -0.3 is 0 Å². The van der Waals surface area contributed by atoms with E-state index >= 15 is 0 Å². The van der Waals surface area contributed by atoms with Gasteiger partial charge in [0.05, 0.1) is 11.4 Å². The van der Waals surface area contributed by atoms with Crippen LogP contribution in [0.1, 0.15) is 25.0 Å². The maximum atomic E-state index is 5.19. The zero-order chi connectivity index (χ0) is 34.1. The molecule has 1 heterocycles. The minimum Gasteiger partial charge on any atom is -0.228 e. The highest BCUT2D eigenvalue weighted by Gasteiger charge is 2.35. The second-order valence-electron chi connectivity index (χ2n) is 14.2. The highest BCUT2D eigenvalue weighted by molar-refractivity contribution is 6.28. The Bertz CT molecular complexity index is 2760. The lowest BCUT2D eigenvalue weighted by Crippen LogP contribution is -2.14. The summed E-state index contributed by atoms with van der Waals surface area (Å²) in [4.78, 5) is 10.2. The summed E-state index contributed by atoms with van der Waals surface area (Å²) in [6.07, 6.45) is 0. The van der Waals surface area contributed by atoms with Gasteiger partial charge in [0.25, 0.3) is 0 Å². The minimum atomic E-state index is -0.0320. The quantitative estimate of drug-likeness (QED) is 0.177. The van der Waals surface area contributed by atoms with Gasteiger partial charge >= 0.3 is 0 Å². The molecule has 2 heteroatoms. The normalized spacial score (nSPS) is 13.1. The number of rotatable bonds is 4. The predicted octanol–water partition coefficient (Wildman–Crippen LogP) is 12.9. The molecule has 51 heavy (non-hydrogen) atoms. The van der Waals surface area contributed by atoms with Crippen molar-refractivity contribution in [1.82, 2.24) is 9.97 Å². The van der Waals surface area contributed by atoms with E-state index in [4.69, 9.17) is 9.97 Å². The first kappa shape index (κ1) is 29.5. The molecule has 0 fully saturated rings. The first-order valence-electron chi connectivity index (χ1n) is 17.7. The van der Waals surface area contributed by atoms with Crippen LogP contribution in [0, 0.1) is 0 Å². The highest BCUT2D eigenvalue weighted by atomic mass is 14.9. The Morgan fingerprint density at radius 3 is 1.71 bits per heavy atom. The fraction of sp³-hybridized carbons (Fsp3) is 0.0612. The minimum absolute atomic E-state index is 0.0320. The molecule has 9 aromatic rings. The summed E-state index contributed by atoms with van der Waals surface area (Å²) in [5.74, 6) is 0.720. The molecule has 1 aliphatic rings. The number of fused-ring (bicyclic) bond motifs is 9. The molecule has 0 saturated heterocycles. The predicted molar refractivity (Wildman–Crippen MR) is 214 cm³/mol. The molecule has 0 atom stereocenters. The summed E-state index contributed by atoms with van der Waals surface area (Å²) in [6.45, 7) is 4.69. The lowest BCUT2D eigenvalue weighted by Gasteiger charge is -2.21. The van der Waals surface area contributed by atoms with Crippen molar-refractivity contribution in [3.8, 4) is 56.2 Å². The van der Waals surface area contributed by atoms with Crippen LogP contribution in [0.2, 0.25) is 0 Å². The Morgan fingerprint density at radius 2 is 0.922 bits per heavy atom. The van der Waals surface area contributed by atoms with Gasteiger partial charge in [-0.05, 0) is 83.9 Å². The van der Waals surface area contributed by atoms with Gasteiger partial charge in [-0.3, -0.25) is 0 Å². The monoisotopic (exact) mass is 650 g/mol. The van der Waals surface area contributed by atoms with Crippen LogP contribution >= 0.6 is 0 Å². The van der Waals surface area contributed by atoms with Crippen molar-refractivity contribution in [1.29, 1.82) is 0 Å². The number of hydrogen-bond acceptors (Lipinski definition) is 2. The second kappa shape index (κ2) is 11.3. The molecule has 8 aromatic carbocycles. The van der Waals surface area contributed by atoms with Crippen molar-refractivity contribution in [3.63, 3.8) is 0 Å². The first-order valence-corrected chi connectivity index (χ1v) is 17.7. The molecule has 240 valence electrons. The van der Waals surface area contributed by atoms with E-state index in [2.05, 4.69) is 159 Å². The van der Waals surface area contributed by atoms with Crippen LogP contribution in [0.5, 0.6) is 0 Å². The molecule has 0 amide bonds. The SMILES string of the molecule is CC1(C)c2ccccc2-c2cc(-c3cccc4c5ccccc5c5ccc(-c6cc(-c7ccccc7)nc(-c7ccccc7)n6)cc5c34)ccc21. The van der Waals surface area contributed by atoms with Gasteiger partial charge in [0, 0.05) is 22.1 Å². The van der Waals surface area contributed by atoms with Crippen molar-refractivity contribution in [2.24, 2.45) is 0 Å². The van der Waals surface area contributed by atoms with Gasteiger partial charge in [0.2, 0.25) is 0 Å². The largest absolute Gasteiger partial charge is 0.228 e. The Balaban J connectivity index is 1.24. The van der Waals surface area contributed by atoms with E-state index in [-0.39, 0.29) is 5.41 Å². The molecule has 1 aromatic heterocycles. The summed E-state index contributed by atoms with van der Waals surface area (Å²) in [7, 11) is 0. The van der Waals surface area contributed by atoms with Crippen molar-refractivity contribution < 1.29 is 0 Å². The summed E-state index contributed by atoms with van der Waals surface area (Å²) in [5, 5.41) is 7.50. The smallest absolute Gasteiger partial charge is 0.160 e. The van der Waals surface area contributed by atoms with Gasteiger partial charge in [0.15, 0.2) is 5.82 Å². The van der Waals surface area contributed by atoms with Gasteiger partial charge in [-0.1, -0.05) is 166 Å². The molecule has 10 rings (SSSR count). The van der Waals surface area contributed by atoms with E-state index < -0.39 is 0 Å². The Labute approximate surface area is 297 Å². The number of nitrogens with zero attached hydrogens (tertiary/aromatic N) is 2. The number of aromatic nitrogens is 2. The van der Waals surface area contributed by atoms with Crippen molar-refractivity contribution in [3.05, 3.63) is 181 Å². The van der Waals surface area contributed by atoms with Crippen molar-refractivity contribution in [2.75, 3.05) is 0 Å². The highest BCUT2D eigenvalue weighted by Crippen LogP contribution is 2.50. The zero-order valence-electron chi connectivity index (χ0n) is 28.6. The Kier molecular flexibility index (Phi) is 6.56. The maximum absolute atomic E-state index is 5.19. The topological polar surface area (TPSA) is 25.8 Å². The molecular weight excluding hydrogens is 617 g/mol. The average molecular weight is 651 g/mol. The van der Waals surface area contributed by atoms with Crippen molar-refractivity contribution in [2.45, 2.75) is 19.3 Å². The third-order valence-electron chi connectivity index (χ3n) is 10.9.